The van der Waals surface area contributed by atoms with Crippen molar-refractivity contribution in [1.29, 1.82) is 0 Å². The Balaban J connectivity index is 1.70. The number of fused-ring (bicyclic) bond motifs is 1. The van der Waals surface area contributed by atoms with Crippen molar-refractivity contribution in [2.24, 2.45) is 0 Å². The third-order valence-electron chi connectivity index (χ3n) is 6.40. The summed E-state index contributed by atoms with van der Waals surface area (Å²) in [5, 5.41) is 11.2. The Labute approximate surface area is 197 Å². The van der Waals surface area contributed by atoms with Crippen LogP contribution in [-0.4, -0.2) is 37.1 Å². The number of rotatable bonds is 7. The van der Waals surface area contributed by atoms with Gasteiger partial charge in [-0.25, -0.2) is 0 Å². The van der Waals surface area contributed by atoms with E-state index in [9.17, 15) is 18.3 Å². The summed E-state index contributed by atoms with van der Waals surface area (Å²) in [6, 6.07) is 14.4. The van der Waals surface area contributed by atoms with Crippen LogP contribution in [0, 0.1) is 0 Å². The maximum Gasteiger partial charge on any atom is 0.418 e. The monoisotopic (exact) mass is 471 g/mol. The van der Waals surface area contributed by atoms with Gasteiger partial charge in [0, 0.05) is 23.4 Å². The highest BCUT2D eigenvalue weighted by atomic mass is 19.4. The van der Waals surface area contributed by atoms with E-state index in [4.69, 9.17) is 9.15 Å². The molecule has 1 aromatic heterocycles. The highest BCUT2D eigenvalue weighted by molar-refractivity contribution is 5.71. The fourth-order valence-electron chi connectivity index (χ4n) is 4.70. The van der Waals surface area contributed by atoms with Crippen molar-refractivity contribution >= 4 is 11.8 Å². The van der Waals surface area contributed by atoms with E-state index in [2.05, 4.69) is 0 Å². The molecule has 1 atom stereocenters. The second kappa shape index (κ2) is 8.87. The summed E-state index contributed by atoms with van der Waals surface area (Å²) in [5.41, 5.74) is -0.343. The van der Waals surface area contributed by atoms with Crippen LogP contribution in [0.25, 0.3) is 17.2 Å². The number of aliphatic hydroxyl groups is 1. The highest BCUT2D eigenvalue weighted by Crippen LogP contribution is 2.45. The molecule has 0 saturated heterocycles. The molecule has 1 aliphatic heterocycles. The highest BCUT2D eigenvalue weighted by Gasteiger charge is 2.57. The minimum atomic E-state index is -4.84. The molecule has 1 N–H and O–H groups in total. The van der Waals surface area contributed by atoms with Crippen LogP contribution in [0.3, 0.4) is 0 Å². The zero-order valence-electron chi connectivity index (χ0n) is 19.4. The molecule has 0 saturated carbocycles. The van der Waals surface area contributed by atoms with Crippen molar-refractivity contribution in [3.05, 3.63) is 78.3 Å². The number of hydrogen-bond donors (Lipinski definition) is 1. The maximum atomic E-state index is 14.4. The lowest BCUT2D eigenvalue weighted by molar-refractivity contribution is -0.262. The average molecular weight is 472 g/mol. The van der Waals surface area contributed by atoms with Crippen LogP contribution in [0.4, 0.5) is 18.9 Å². The molecule has 34 heavy (non-hydrogen) atoms. The van der Waals surface area contributed by atoms with E-state index in [1.807, 2.05) is 30.4 Å². The Morgan fingerprint density at radius 3 is 2.50 bits per heavy atom. The molecule has 2 aromatic carbocycles. The van der Waals surface area contributed by atoms with E-state index in [1.54, 1.807) is 55.3 Å². The Morgan fingerprint density at radius 1 is 1.06 bits per heavy atom. The molecular formula is C27H28F3NO3. The number of halogens is 3. The Hall–Kier alpha value is -3.19. The molecule has 0 fully saturated rings. The van der Waals surface area contributed by atoms with Crippen molar-refractivity contribution in [3.63, 3.8) is 0 Å². The number of benzene rings is 2. The van der Waals surface area contributed by atoms with Gasteiger partial charge in [-0.15, -0.1) is 0 Å². The number of methoxy groups -OCH3 is 1. The van der Waals surface area contributed by atoms with Crippen molar-refractivity contribution in [1.82, 2.24) is 0 Å². The number of β-amino-alcohol motifs (C(OH)–C–C–N with tert-alkyl or cyclic N) is 1. The fourth-order valence-corrected chi connectivity index (χ4v) is 4.70. The summed E-state index contributed by atoms with van der Waals surface area (Å²) >= 11 is 0. The minimum absolute atomic E-state index is 0.287. The number of nitrogens with zero attached hydrogens (tertiary/aromatic N) is 1. The van der Waals surface area contributed by atoms with Crippen LogP contribution in [0.2, 0.25) is 0 Å². The van der Waals surface area contributed by atoms with Crippen LogP contribution in [-0.2, 0) is 5.41 Å². The van der Waals surface area contributed by atoms with Crippen LogP contribution in [0.15, 0.2) is 71.6 Å². The third kappa shape index (κ3) is 4.57. The lowest BCUT2D eigenvalue weighted by Gasteiger charge is -2.42. The standard InChI is InChI=1S/C27H28F3NO3/c1-25(2,22-15-20(10-11-24(22)33-3)21-12-14-34-16-21)17-26(32,27(28,29)30)18-31-13-6-8-19-7-4-5-9-23(19)31/h4-12,14-16,32H,13,17-18H2,1-3H3. The van der Waals surface area contributed by atoms with Crippen molar-refractivity contribution in [2.75, 3.05) is 25.1 Å². The summed E-state index contributed by atoms with van der Waals surface area (Å²) in [5.74, 6) is 0.466. The molecule has 180 valence electrons. The van der Waals surface area contributed by atoms with Gasteiger partial charge in [0.05, 0.1) is 26.2 Å². The molecule has 0 aliphatic carbocycles. The summed E-state index contributed by atoms with van der Waals surface area (Å²) in [6.07, 6.45) is 1.42. The summed E-state index contributed by atoms with van der Waals surface area (Å²) in [4.78, 5) is 1.58. The van der Waals surface area contributed by atoms with E-state index in [0.717, 1.165) is 16.7 Å². The zero-order chi connectivity index (χ0) is 24.6. The van der Waals surface area contributed by atoms with Crippen molar-refractivity contribution < 1.29 is 27.4 Å². The van der Waals surface area contributed by atoms with Gasteiger partial charge >= 0.3 is 6.18 Å². The van der Waals surface area contributed by atoms with Gasteiger partial charge in [0.1, 0.15) is 5.75 Å². The first-order valence-corrected chi connectivity index (χ1v) is 11.0. The molecular weight excluding hydrogens is 443 g/mol. The second-order valence-electron chi connectivity index (χ2n) is 9.36. The largest absolute Gasteiger partial charge is 0.496 e. The number of para-hydroxylation sites is 1. The van der Waals surface area contributed by atoms with Gasteiger partial charge in [-0.3, -0.25) is 0 Å². The first-order chi connectivity index (χ1) is 16.0. The molecule has 3 aromatic rings. The topological polar surface area (TPSA) is 45.8 Å². The summed E-state index contributed by atoms with van der Waals surface area (Å²) < 4.78 is 53.9. The zero-order valence-corrected chi connectivity index (χ0v) is 19.4. The van der Waals surface area contributed by atoms with Crippen molar-refractivity contribution in [2.45, 2.75) is 37.5 Å². The van der Waals surface area contributed by atoms with Gasteiger partial charge in [0.25, 0.3) is 0 Å². The van der Waals surface area contributed by atoms with Crippen LogP contribution >= 0.6 is 0 Å². The maximum absolute atomic E-state index is 14.4. The lowest BCUT2D eigenvalue weighted by atomic mass is 9.73. The summed E-state index contributed by atoms with van der Waals surface area (Å²) in [7, 11) is 1.49. The number of hydrogen-bond acceptors (Lipinski definition) is 4. The molecule has 4 nitrogen and oxygen atoms in total. The normalized spacial score (nSPS) is 15.7. The SMILES string of the molecule is COc1ccc(-c2ccoc2)cc1C(C)(C)CC(O)(CN1CC=Cc2ccccc21)C(F)(F)F. The quantitative estimate of drug-likeness (QED) is 0.430. The molecule has 2 heterocycles. The van der Waals surface area contributed by atoms with Gasteiger partial charge in [-0.05, 0) is 47.2 Å². The Kier molecular flexibility index (Phi) is 6.25. The molecule has 0 amide bonds. The van der Waals surface area contributed by atoms with E-state index < -0.39 is 30.2 Å². The van der Waals surface area contributed by atoms with E-state index >= 15 is 0 Å². The van der Waals surface area contributed by atoms with Gasteiger partial charge in [0.2, 0.25) is 0 Å². The second-order valence-corrected chi connectivity index (χ2v) is 9.36. The third-order valence-corrected chi connectivity index (χ3v) is 6.40. The molecule has 4 rings (SSSR count). The van der Waals surface area contributed by atoms with E-state index in [-0.39, 0.29) is 6.54 Å². The number of furan rings is 1. The van der Waals surface area contributed by atoms with Gasteiger partial charge in [-0.2, -0.15) is 13.2 Å². The molecule has 7 heteroatoms. The first-order valence-electron chi connectivity index (χ1n) is 11.0. The molecule has 0 radical (unpaired) electrons. The van der Waals surface area contributed by atoms with Crippen molar-refractivity contribution in [3.8, 4) is 16.9 Å². The molecule has 1 aliphatic rings. The van der Waals surface area contributed by atoms with E-state index in [0.29, 0.717) is 17.0 Å². The van der Waals surface area contributed by atoms with Gasteiger partial charge in [-0.1, -0.05) is 50.3 Å². The summed E-state index contributed by atoms with van der Waals surface area (Å²) in [6.45, 7) is 3.11. The number of anilines is 1. The number of ether oxygens (including phenoxy) is 1. The molecule has 0 spiro atoms. The van der Waals surface area contributed by atoms with Crippen LogP contribution < -0.4 is 9.64 Å². The van der Waals surface area contributed by atoms with Gasteiger partial charge < -0.3 is 19.2 Å². The lowest BCUT2D eigenvalue weighted by Crippen LogP contribution is -2.56. The van der Waals surface area contributed by atoms with Gasteiger partial charge in [0.15, 0.2) is 5.60 Å². The van der Waals surface area contributed by atoms with Crippen LogP contribution in [0.5, 0.6) is 5.75 Å². The average Bonchev–Trinajstić information content (AvgIpc) is 3.33. The van der Waals surface area contributed by atoms with Crippen LogP contribution in [0.1, 0.15) is 31.4 Å². The number of alkyl halides is 3. The Bertz CT molecular complexity index is 1170. The minimum Gasteiger partial charge on any atom is -0.496 e. The predicted molar refractivity (Wildman–Crippen MR) is 127 cm³/mol. The smallest absolute Gasteiger partial charge is 0.418 e. The predicted octanol–water partition coefficient (Wildman–Crippen LogP) is 6.45. The van der Waals surface area contributed by atoms with E-state index in [1.165, 1.54) is 13.4 Å². The first kappa shape index (κ1) is 24.0. The Morgan fingerprint density at radius 2 is 1.82 bits per heavy atom. The fraction of sp³-hybridized carbons (Fsp3) is 0.333. The molecule has 0 bridgehead atoms. The molecule has 1 unspecified atom stereocenters.